The first-order valence-electron chi connectivity index (χ1n) is 9.27. The molecule has 2 aromatic carbocycles. The Bertz CT molecular complexity index is 866. The molecule has 0 bridgehead atoms. The maximum atomic E-state index is 11.2. The smallest absolute Gasteiger partial charge is 0.173 e. The Morgan fingerprint density at radius 3 is 2.85 bits per heavy atom. The van der Waals surface area contributed by atoms with Crippen LogP contribution in [0.1, 0.15) is 40.7 Å². The van der Waals surface area contributed by atoms with Gasteiger partial charge in [-0.1, -0.05) is 24.3 Å². The number of hydrogen-bond acceptors (Lipinski definition) is 5. The van der Waals surface area contributed by atoms with Crippen LogP contribution in [0.15, 0.2) is 48.5 Å². The van der Waals surface area contributed by atoms with Crippen LogP contribution in [-0.4, -0.2) is 32.1 Å². The van der Waals surface area contributed by atoms with Crippen molar-refractivity contribution in [3.05, 3.63) is 65.2 Å². The van der Waals surface area contributed by atoms with Gasteiger partial charge in [0.25, 0.3) is 0 Å². The minimum atomic E-state index is -0.346. The fraction of sp³-hybridized carbons (Fsp3) is 0.318. The molecule has 1 fully saturated rings. The van der Waals surface area contributed by atoms with E-state index in [1.165, 1.54) is 7.11 Å². The molecule has 0 saturated carbocycles. The van der Waals surface area contributed by atoms with Crippen molar-refractivity contribution < 1.29 is 19.3 Å². The van der Waals surface area contributed by atoms with Gasteiger partial charge in [-0.05, 0) is 55.8 Å². The van der Waals surface area contributed by atoms with Crippen LogP contribution < -0.4 is 14.9 Å². The van der Waals surface area contributed by atoms with Gasteiger partial charge in [-0.25, -0.2) is 0 Å². The van der Waals surface area contributed by atoms with Crippen LogP contribution in [0.4, 0.5) is 0 Å². The molecule has 0 radical (unpaired) electrons. The van der Waals surface area contributed by atoms with Gasteiger partial charge in [-0.3, -0.25) is 4.79 Å². The average Bonchev–Trinajstić information content (AvgIpc) is 2.93. The molecule has 0 amide bonds. The van der Waals surface area contributed by atoms with Gasteiger partial charge < -0.3 is 14.9 Å². The monoisotopic (exact) mass is 365 g/mol. The van der Waals surface area contributed by atoms with E-state index in [1.807, 2.05) is 30.3 Å². The van der Waals surface area contributed by atoms with E-state index in [4.69, 9.17) is 14.5 Å². The van der Waals surface area contributed by atoms with Gasteiger partial charge >= 0.3 is 0 Å². The summed E-state index contributed by atoms with van der Waals surface area (Å²) in [6.45, 7) is 1.92. The first kappa shape index (κ1) is 17.8. The molecular formula is C22H23NO4. The number of benzene rings is 2. The summed E-state index contributed by atoms with van der Waals surface area (Å²) in [4.78, 5) is 21.5. The van der Waals surface area contributed by atoms with Gasteiger partial charge in [0.05, 0.1) is 7.11 Å². The Labute approximate surface area is 158 Å². The van der Waals surface area contributed by atoms with E-state index >= 15 is 0 Å². The number of para-hydroxylation sites is 1. The van der Waals surface area contributed by atoms with Crippen LogP contribution >= 0.6 is 0 Å². The molecule has 2 aromatic rings. The lowest BCUT2D eigenvalue weighted by Crippen LogP contribution is -2.37. The summed E-state index contributed by atoms with van der Waals surface area (Å²) in [6.07, 6.45) is 5.93. The normalized spacial score (nSPS) is 21.6. The minimum absolute atomic E-state index is 0.346. The molecule has 140 valence electrons. The van der Waals surface area contributed by atoms with E-state index in [0.29, 0.717) is 11.3 Å². The summed E-state index contributed by atoms with van der Waals surface area (Å²) in [5, 5.41) is 3.45. The fourth-order valence-corrected chi connectivity index (χ4v) is 3.89. The molecule has 4 rings (SSSR count). The highest BCUT2D eigenvalue weighted by atomic mass is 17.2. The summed E-state index contributed by atoms with van der Waals surface area (Å²) in [5.74, 6) is 1.40. The highest BCUT2D eigenvalue weighted by molar-refractivity contribution is 5.88. The largest absolute Gasteiger partial charge is 0.482 e. The Morgan fingerprint density at radius 1 is 1.11 bits per heavy atom. The molecule has 1 saturated heterocycles. The van der Waals surface area contributed by atoms with Gasteiger partial charge in [0.2, 0.25) is 0 Å². The van der Waals surface area contributed by atoms with Gasteiger partial charge in [-0.2, -0.15) is 4.89 Å². The zero-order chi connectivity index (χ0) is 18.7. The van der Waals surface area contributed by atoms with Crippen LogP contribution in [0.3, 0.4) is 0 Å². The zero-order valence-corrected chi connectivity index (χ0v) is 15.4. The van der Waals surface area contributed by atoms with Gasteiger partial charge in [-0.15, -0.1) is 0 Å². The molecule has 0 aromatic heterocycles. The fourth-order valence-electron chi connectivity index (χ4n) is 3.89. The van der Waals surface area contributed by atoms with E-state index in [2.05, 4.69) is 11.4 Å². The number of ether oxygens (including phenoxy) is 1. The molecule has 5 heteroatoms. The topological polar surface area (TPSA) is 56.8 Å². The van der Waals surface area contributed by atoms with Crippen LogP contribution in [0.25, 0.3) is 5.57 Å². The van der Waals surface area contributed by atoms with E-state index in [-0.39, 0.29) is 5.60 Å². The van der Waals surface area contributed by atoms with Crippen LogP contribution in [-0.2, 0) is 4.89 Å². The molecule has 2 heterocycles. The van der Waals surface area contributed by atoms with Crippen molar-refractivity contribution in [2.75, 3.05) is 20.2 Å². The second kappa shape index (κ2) is 7.55. The minimum Gasteiger partial charge on any atom is -0.482 e. The van der Waals surface area contributed by atoms with Gasteiger partial charge in [0, 0.05) is 23.1 Å². The first-order chi connectivity index (χ1) is 13.2. The van der Waals surface area contributed by atoms with Crippen molar-refractivity contribution in [2.24, 2.45) is 0 Å². The number of aldehydes is 1. The van der Waals surface area contributed by atoms with Gasteiger partial charge in [0.1, 0.15) is 17.6 Å². The van der Waals surface area contributed by atoms with Crippen molar-refractivity contribution >= 4 is 11.9 Å². The van der Waals surface area contributed by atoms with E-state index < -0.39 is 0 Å². The third kappa shape index (κ3) is 3.48. The molecule has 2 aliphatic heterocycles. The van der Waals surface area contributed by atoms with Crippen LogP contribution in [0.5, 0.6) is 11.5 Å². The van der Waals surface area contributed by atoms with Crippen LogP contribution in [0, 0.1) is 0 Å². The number of nitrogens with one attached hydrogen (secondary N) is 1. The van der Waals surface area contributed by atoms with Gasteiger partial charge in [0.15, 0.2) is 5.75 Å². The SMILES string of the molecule is COOc1cc(C=O)ccc1C1=CC2(CCCNCC2)Oc2ccccc21. The number of rotatable bonds is 4. The summed E-state index contributed by atoms with van der Waals surface area (Å²) >= 11 is 0. The van der Waals surface area contributed by atoms with Crippen LogP contribution in [0.2, 0.25) is 0 Å². The predicted molar refractivity (Wildman–Crippen MR) is 103 cm³/mol. The van der Waals surface area contributed by atoms with Crippen molar-refractivity contribution in [1.82, 2.24) is 5.32 Å². The highest BCUT2D eigenvalue weighted by Gasteiger charge is 2.36. The second-order valence-electron chi connectivity index (χ2n) is 6.95. The molecule has 1 N–H and O–H groups in total. The lowest BCUT2D eigenvalue weighted by atomic mass is 9.84. The third-order valence-corrected chi connectivity index (χ3v) is 5.18. The third-order valence-electron chi connectivity index (χ3n) is 5.18. The summed E-state index contributed by atoms with van der Waals surface area (Å²) in [7, 11) is 1.46. The van der Waals surface area contributed by atoms with E-state index in [0.717, 1.165) is 61.1 Å². The van der Waals surface area contributed by atoms with Crippen molar-refractivity contribution in [1.29, 1.82) is 0 Å². The Morgan fingerprint density at radius 2 is 2.00 bits per heavy atom. The summed E-state index contributed by atoms with van der Waals surface area (Å²) in [5.41, 5.74) is 3.14. The number of carbonyl (C=O) groups excluding carboxylic acids is 1. The zero-order valence-electron chi connectivity index (χ0n) is 15.4. The molecular weight excluding hydrogens is 342 g/mol. The lowest BCUT2D eigenvalue weighted by molar-refractivity contribution is -0.178. The maximum absolute atomic E-state index is 11.2. The number of hydrogen-bond donors (Lipinski definition) is 1. The van der Waals surface area contributed by atoms with E-state index in [1.54, 1.807) is 12.1 Å². The molecule has 0 aliphatic carbocycles. The Balaban J connectivity index is 1.88. The quantitative estimate of drug-likeness (QED) is 0.508. The lowest BCUT2D eigenvalue weighted by Gasteiger charge is -2.36. The highest BCUT2D eigenvalue weighted by Crippen LogP contribution is 2.44. The maximum Gasteiger partial charge on any atom is 0.173 e. The first-order valence-corrected chi connectivity index (χ1v) is 9.27. The average molecular weight is 365 g/mol. The predicted octanol–water partition coefficient (Wildman–Crippen LogP) is 3.78. The van der Waals surface area contributed by atoms with Crippen molar-refractivity contribution in [3.63, 3.8) is 0 Å². The molecule has 1 atom stereocenters. The van der Waals surface area contributed by atoms with Crippen molar-refractivity contribution in [3.8, 4) is 11.5 Å². The summed E-state index contributed by atoms with van der Waals surface area (Å²) in [6, 6.07) is 13.5. The molecule has 1 unspecified atom stereocenters. The molecule has 27 heavy (non-hydrogen) atoms. The molecule has 2 aliphatic rings. The molecule has 5 nitrogen and oxygen atoms in total. The van der Waals surface area contributed by atoms with Crippen molar-refractivity contribution in [2.45, 2.75) is 24.9 Å². The number of fused-ring (bicyclic) bond motifs is 1. The standard InChI is InChI=1S/C22H23NO4/c1-25-27-21-13-16(15-24)7-8-18(21)19-14-22(9-4-11-23-12-10-22)26-20-6-3-2-5-17(19)20/h2-3,5-8,13-15,23H,4,9-12H2,1H3. The second-order valence-corrected chi connectivity index (χ2v) is 6.95. The summed E-state index contributed by atoms with van der Waals surface area (Å²) < 4.78 is 6.49. The van der Waals surface area contributed by atoms with E-state index in [9.17, 15) is 4.79 Å². The Hall–Kier alpha value is -2.63. The number of carbonyl (C=O) groups is 1. The Kier molecular flexibility index (Phi) is 4.97. The molecule has 1 spiro atoms.